The molecule has 1 unspecified atom stereocenters. The monoisotopic (exact) mass is 242 g/mol. The number of carboxylic acid groups (broad SMARTS) is 1. The van der Waals surface area contributed by atoms with Gasteiger partial charge >= 0.3 is 5.97 Å². The van der Waals surface area contributed by atoms with E-state index >= 15 is 0 Å². The molecule has 1 fully saturated rings. The molecule has 0 bridgehead atoms. The van der Waals surface area contributed by atoms with Crippen molar-refractivity contribution < 1.29 is 9.90 Å². The van der Waals surface area contributed by atoms with Crippen molar-refractivity contribution in [1.29, 1.82) is 0 Å². The van der Waals surface area contributed by atoms with E-state index in [9.17, 15) is 9.90 Å². The Hall–Kier alpha value is -0.610. The fourth-order valence-corrected chi connectivity index (χ4v) is 2.26. The largest absolute Gasteiger partial charge is 0.480 e. The average Bonchev–Trinajstić information content (AvgIpc) is 2.98. The summed E-state index contributed by atoms with van der Waals surface area (Å²) >= 11 is 0. The second-order valence-corrected chi connectivity index (χ2v) is 5.86. The zero-order valence-electron chi connectivity index (χ0n) is 11.7. The van der Waals surface area contributed by atoms with Crippen LogP contribution in [0.1, 0.15) is 40.5 Å². The molecule has 1 rings (SSSR count). The first-order chi connectivity index (χ1) is 7.79. The normalized spacial score (nSPS) is 20.0. The van der Waals surface area contributed by atoms with Crippen molar-refractivity contribution in [2.24, 2.45) is 5.92 Å². The molecule has 4 nitrogen and oxygen atoms in total. The number of nitrogens with zero attached hydrogens (tertiary/aromatic N) is 1. The van der Waals surface area contributed by atoms with E-state index in [1.54, 1.807) is 0 Å². The Morgan fingerprint density at radius 2 is 1.94 bits per heavy atom. The number of nitrogens with one attached hydrogen (secondary N) is 1. The number of hydrogen-bond acceptors (Lipinski definition) is 3. The van der Waals surface area contributed by atoms with Gasteiger partial charge in [0.1, 0.15) is 5.54 Å². The first-order valence-electron chi connectivity index (χ1n) is 6.51. The number of aliphatic carboxylic acids is 1. The molecule has 17 heavy (non-hydrogen) atoms. The minimum absolute atomic E-state index is 0.187. The lowest BCUT2D eigenvalue weighted by Crippen LogP contribution is -2.62. The van der Waals surface area contributed by atoms with Crippen molar-refractivity contribution in [3.63, 3.8) is 0 Å². The summed E-state index contributed by atoms with van der Waals surface area (Å²) in [6.45, 7) is 8.78. The van der Waals surface area contributed by atoms with Crippen LogP contribution in [0.15, 0.2) is 0 Å². The number of hydrogen-bond donors (Lipinski definition) is 2. The lowest BCUT2D eigenvalue weighted by Gasteiger charge is -2.37. The van der Waals surface area contributed by atoms with Gasteiger partial charge in [-0.1, -0.05) is 0 Å². The summed E-state index contributed by atoms with van der Waals surface area (Å²) in [5.74, 6) is -0.426. The standard InChI is InChI=1S/C13H26N2O2/c1-9(2)14-13(12(16)17,11-6-7-11)8-15(5)10(3)4/h9-11,14H,6-8H2,1-5H3,(H,16,17). The van der Waals surface area contributed by atoms with E-state index in [0.717, 1.165) is 12.8 Å². The predicted molar refractivity (Wildman–Crippen MR) is 69.1 cm³/mol. The van der Waals surface area contributed by atoms with Crippen LogP contribution in [0.4, 0.5) is 0 Å². The van der Waals surface area contributed by atoms with Crippen molar-refractivity contribution in [2.45, 2.75) is 58.2 Å². The number of rotatable bonds is 7. The summed E-state index contributed by atoms with van der Waals surface area (Å²) in [6, 6.07) is 0.550. The van der Waals surface area contributed by atoms with E-state index < -0.39 is 11.5 Å². The number of likely N-dealkylation sites (N-methyl/N-ethyl adjacent to an activating group) is 1. The number of carboxylic acids is 1. The highest BCUT2D eigenvalue weighted by atomic mass is 16.4. The highest BCUT2D eigenvalue weighted by Gasteiger charge is 2.52. The quantitative estimate of drug-likeness (QED) is 0.711. The van der Waals surface area contributed by atoms with E-state index in [1.807, 2.05) is 20.9 Å². The third kappa shape index (κ3) is 3.42. The summed E-state index contributed by atoms with van der Waals surface area (Å²) in [4.78, 5) is 13.8. The SMILES string of the molecule is CC(C)NC(CN(C)C(C)C)(C(=O)O)C1CC1. The van der Waals surface area contributed by atoms with E-state index in [4.69, 9.17) is 0 Å². The lowest BCUT2D eigenvalue weighted by atomic mass is 9.91. The van der Waals surface area contributed by atoms with Crippen molar-refractivity contribution in [3.8, 4) is 0 Å². The van der Waals surface area contributed by atoms with Gasteiger partial charge in [-0.05, 0) is 53.5 Å². The molecule has 0 aromatic heterocycles. The lowest BCUT2D eigenvalue weighted by molar-refractivity contribution is -0.147. The topological polar surface area (TPSA) is 52.6 Å². The molecule has 1 saturated carbocycles. The second-order valence-electron chi connectivity index (χ2n) is 5.86. The minimum Gasteiger partial charge on any atom is -0.480 e. The zero-order valence-corrected chi connectivity index (χ0v) is 11.7. The summed E-state index contributed by atoms with van der Waals surface area (Å²) in [5.41, 5.74) is -0.771. The van der Waals surface area contributed by atoms with Gasteiger partial charge in [0, 0.05) is 18.6 Å². The molecule has 0 heterocycles. The fraction of sp³-hybridized carbons (Fsp3) is 0.923. The first kappa shape index (κ1) is 14.5. The van der Waals surface area contributed by atoms with Crippen LogP contribution in [0.5, 0.6) is 0 Å². The van der Waals surface area contributed by atoms with Crippen molar-refractivity contribution in [2.75, 3.05) is 13.6 Å². The summed E-state index contributed by atoms with van der Waals surface area (Å²) in [6.07, 6.45) is 2.05. The molecule has 1 atom stereocenters. The van der Waals surface area contributed by atoms with Gasteiger partial charge in [0.05, 0.1) is 0 Å². The Labute approximate surface area is 104 Å². The Kier molecular flexibility index (Phi) is 4.55. The molecule has 1 aliphatic rings. The molecule has 4 heteroatoms. The molecular weight excluding hydrogens is 216 g/mol. The minimum atomic E-state index is -0.771. The average molecular weight is 242 g/mol. The highest BCUT2D eigenvalue weighted by molar-refractivity contribution is 5.80. The van der Waals surface area contributed by atoms with Crippen molar-refractivity contribution in [3.05, 3.63) is 0 Å². The Morgan fingerprint density at radius 3 is 2.24 bits per heavy atom. The third-order valence-corrected chi connectivity index (χ3v) is 3.58. The van der Waals surface area contributed by atoms with Crippen molar-refractivity contribution in [1.82, 2.24) is 10.2 Å². The van der Waals surface area contributed by atoms with E-state index in [2.05, 4.69) is 24.1 Å². The van der Waals surface area contributed by atoms with Gasteiger partial charge in [-0.2, -0.15) is 0 Å². The fourth-order valence-electron chi connectivity index (χ4n) is 2.26. The molecule has 0 spiro atoms. The Morgan fingerprint density at radius 1 is 1.41 bits per heavy atom. The van der Waals surface area contributed by atoms with Crippen LogP contribution >= 0.6 is 0 Å². The number of carbonyl (C=O) groups is 1. The van der Waals surface area contributed by atoms with E-state index in [1.165, 1.54) is 0 Å². The van der Waals surface area contributed by atoms with Gasteiger partial charge < -0.3 is 10.0 Å². The molecule has 0 amide bonds. The van der Waals surface area contributed by atoms with Crippen LogP contribution in [0, 0.1) is 5.92 Å². The smallest absolute Gasteiger partial charge is 0.325 e. The van der Waals surface area contributed by atoms with Crippen LogP contribution in [0.2, 0.25) is 0 Å². The van der Waals surface area contributed by atoms with E-state index in [-0.39, 0.29) is 12.0 Å². The molecule has 0 aliphatic heterocycles. The molecule has 0 radical (unpaired) electrons. The molecule has 0 aromatic carbocycles. The van der Waals surface area contributed by atoms with E-state index in [0.29, 0.717) is 12.6 Å². The molecule has 100 valence electrons. The molecule has 1 aliphatic carbocycles. The van der Waals surface area contributed by atoms with Gasteiger partial charge in [0.15, 0.2) is 0 Å². The molecular formula is C13H26N2O2. The van der Waals surface area contributed by atoms with Gasteiger partial charge in [-0.25, -0.2) is 0 Å². The van der Waals surface area contributed by atoms with Crippen molar-refractivity contribution >= 4 is 5.97 Å². The predicted octanol–water partition coefficient (Wildman–Crippen LogP) is 1.56. The van der Waals surface area contributed by atoms with Gasteiger partial charge in [0.25, 0.3) is 0 Å². The van der Waals surface area contributed by atoms with Crippen LogP contribution < -0.4 is 5.32 Å². The summed E-state index contributed by atoms with van der Waals surface area (Å²) in [7, 11) is 1.99. The maximum Gasteiger partial charge on any atom is 0.325 e. The van der Waals surface area contributed by atoms with Crippen LogP contribution in [0.25, 0.3) is 0 Å². The first-order valence-corrected chi connectivity index (χ1v) is 6.51. The van der Waals surface area contributed by atoms with Crippen LogP contribution in [0.3, 0.4) is 0 Å². The summed E-state index contributed by atoms with van der Waals surface area (Å²) in [5, 5.41) is 12.9. The molecule has 0 aromatic rings. The summed E-state index contributed by atoms with van der Waals surface area (Å²) < 4.78 is 0. The maximum atomic E-state index is 11.7. The van der Waals surface area contributed by atoms with Gasteiger partial charge in [0.2, 0.25) is 0 Å². The zero-order chi connectivity index (χ0) is 13.2. The highest BCUT2D eigenvalue weighted by Crippen LogP contribution is 2.40. The van der Waals surface area contributed by atoms with Gasteiger partial charge in [-0.3, -0.25) is 10.1 Å². The third-order valence-electron chi connectivity index (χ3n) is 3.58. The Balaban J connectivity index is 2.86. The van der Waals surface area contributed by atoms with Crippen LogP contribution in [-0.4, -0.2) is 47.2 Å². The van der Waals surface area contributed by atoms with Crippen LogP contribution in [-0.2, 0) is 4.79 Å². The Bertz CT molecular complexity index is 275. The maximum absolute atomic E-state index is 11.7. The molecule has 2 N–H and O–H groups in total. The molecule has 0 saturated heterocycles. The second kappa shape index (κ2) is 5.36. The van der Waals surface area contributed by atoms with Gasteiger partial charge in [-0.15, -0.1) is 0 Å².